The zero-order chi connectivity index (χ0) is 16.9. The van der Waals surface area contributed by atoms with Crippen LogP contribution >= 0.6 is 23.2 Å². The van der Waals surface area contributed by atoms with Crippen molar-refractivity contribution in [1.29, 1.82) is 0 Å². The van der Waals surface area contributed by atoms with Crippen LogP contribution in [0.15, 0.2) is 59.3 Å². The smallest absolute Gasteiger partial charge is 0.253 e. The number of hydrogen-bond acceptors (Lipinski definition) is 4. The van der Waals surface area contributed by atoms with E-state index < -0.39 is 0 Å². The molecule has 24 heavy (non-hydrogen) atoms. The van der Waals surface area contributed by atoms with Gasteiger partial charge in [0.1, 0.15) is 11.6 Å². The highest BCUT2D eigenvalue weighted by molar-refractivity contribution is 6.35. The number of pyridine rings is 1. The van der Waals surface area contributed by atoms with Crippen LogP contribution in [0.2, 0.25) is 10.0 Å². The maximum Gasteiger partial charge on any atom is 0.253 e. The molecule has 0 spiro atoms. The summed E-state index contributed by atoms with van der Waals surface area (Å²) < 4.78 is 5.16. The largest absolute Gasteiger partial charge is 0.467 e. The lowest BCUT2D eigenvalue weighted by atomic mass is 10.2. The Labute approximate surface area is 148 Å². The van der Waals surface area contributed by atoms with E-state index in [0.29, 0.717) is 33.7 Å². The molecule has 122 valence electrons. The number of carbonyl (C=O) groups is 1. The van der Waals surface area contributed by atoms with E-state index in [1.807, 2.05) is 0 Å². The molecule has 0 fully saturated rings. The van der Waals surface area contributed by atoms with Crippen LogP contribution in [0.25, 0.3) is 0 Å². The van der Waals surface area contributed by atoms with Crippen LogP contribution in [0, 0.1) is 0 Å². The van der Waals surface area contributed by atoms with E-state index in [1.54, 1.807) is 48.7 Å². The third-order valence-corrected chi connectivity index (χ3v) is 3.60. The van der Waals surface area contributed by atoms with Crippen molar-refractivity contribution in [3.63, 3.8) is 0 Å². The Balaban J connectivity index is 1.63. The summed E-state index contributed by atoms with van der Waals surface area (Å²) in [5.41, 5.74) is 1.17. The van der Waals surface area contributed by atoms with Gasteiger partial charge in [0.15, 0.2) is 0 Å². The second kappa shape index (κ2) is 7.38. The lowest BCUT2D eigenvalue weighted by molar-refractivity contribution is 0.0947. The van der Waals surface area contributed by atoms with Gasteiger partial charge in [0.2, 0.25) is 0 Å². The van der Waals surface area contributed by atoms with Crippen molar-refractivity contribution in [2.24, 2.45) is 0 Å². The van der Waals surface area contributed by atoms with Gasteiger partial charge in [0, 0.05) is 21.9 Å². The number of nitrogens with zero attached hydrogens (tertiary/aromatic N) is 1. The maximum absolute atomic E-state index is 12.1. The number of halogens is 2. The number of carbonyl (C=O) groups excluding carboxylic acids is 1. The average molecular weight is 362 g/mol. The van der Waals surface area contributed by atoms with Crippen molar-refractivity contribution in [3.05, 3.63) is 76.3 Å². The monoisotopic (exact) mass is 361 g/mol. The van der Waals surface area contributed by atoms with Crippen molar-refractivity contribution in [3.8, 4) is 0 Å². The number of hydrogen-bond donors (Lipinski definition) is 2. The topological polar surface area (TPSA) is 67.2 Å². The van der Waals surface area contributed by atoms with E-state index in [2.05, 4.69) is 15.6 Å². The van der Waals surface area contributed by atoms with E-state index in [-0.39, 0.29) is 5.91 Å². The molecule has 0 aliphatic carbocycles. The summed E-state index contributed by atoms with van der Waals surface area (Å²) in [5, 5.41) is 6.89. The minimum atomic E-state index is -0.226. The summed E-state index contributed by atoms with van der Waals surface area (Å²) in [5.74, 6) is 1.04. The highest BCUT2D eigenvalue weighted by Crippen LogP contribution is 2.24. The van der Waals surface area contributed by atoms with Crippen LogP contribution < -0.4 is 10.6 Å². The van der Waals surface area contributed by atoms with Gasteiger partial charge in [-0.15, -0.1) is 0 Å². The summed E-state index contributed by atoms with van der Waals surface area (Å²) in [6, 6.07) is 12.1. The minimum absolute atomic E-state index is 0.226. The van der Waals surface area contributed by atoms with Gasteiger partial charge in [-0.25, -0.2) is 4.98 Å². The van der Waals surface area contributed by atoms with Crippen molar-refractivity contribution in [2.75, 3.05) is 5.32 Å². The first-order valence-corrected chi connectivity index (χ1v) is 7.85. The average Bonchev–Trinajstić information content (AvgIpc) is 3.06. The molecule has 3 rings (SSSR count). The fraction of sp³-hybridized carbons (Fsp3) is 0.0588. The Morgan fingerprint density at radius 3 is 2.54 bits per heavy atom. The Kier molecular flexibility index (Phi) is 5.03. The van der Waals surface area contributed by atoms with Gasteiger partial charge in [-0.05, 0) is 42.5 Å². The molecule has 5 nitrogen and oxygen atoms in total. The molecular weight excluding hydrogens is 349 g/mol. The van der Waals surface area contributed by atoms with Crippen LogP contribution in [-0.4, -0.2) is 10.9 Å². The number of benzene rings is 1. The maximum atomic E-state index is 12.1. The molecule has 0 saturated carbocycles. The number of aromatic nitrogens is 1. The summed E-state index contributed by atoms with van der Waals surface area (Å²) in [7, 11) is 0. The number of amides is 1. The highest BCUT2D eigenvalue weighted by atomic mass is 35.5. The van der Waals surface area contributed by atoms with Crippen molar-refractivity contribution in [2.45, 2.75) is 6.54 Å². The molecule has 3 aromatic rings. The number of rotatable bonds is 5. The molecule has 2 heterocycles. The molecule has 7 heteroatoms. The Morgan fingerprint density at radius 1 is 1.12 bits per heavy atom. The molecular formula is C17H13Cl2N3O2. The first kappa shape index (κ1) is 16.4. The number of anilines is 2. The van der Waals surface area contributed by atoms with E-state index in [4.69, 9.17) is 27.6 Å². The van der Waals surface area contributed by atoms with Gasteiger partial charge < -0.3 is 15.1 Å². The normalized spacial score (nSPS) is 10.4. The first-order chi connectivity index (χ1) is 11.6. The molecule has 2 aromatic heterocycles. The first-order valence-electron chi connectivity index (χ1n) is 7.10. The Morgan fingerprint density at radius 2 is 1.92 bits per heavy atom. The zero-order valence-corrected chi connectivity index (χ0v) is 13.9. The highest BCUT2D eigenvalue weighted by Gasteiger charge is 2.07. The second-order valence-electron chi connectivity index (χ2n) is 4.98. The summed E-state index contributed by atoms with van der Waals surface area (Å²) >= 11 is 11.9. The van der Waals surface area contributed by atoms with Gasteiger partial charge in [-0.2, -0.15) is 0 Å². The van der Waals surface area contributed by atoms with Gasteiger partial charge in [-0.1, -0.05) is 23.2 Å². The Hall–Kier alpha value is -2.50. The SMILES string of the molecule is O=C(NCc1ccco1)c1ccc(Nc2cc(Cl)cc(Cl)c2)nc1. The zero-order valence-electron chi connectivity index (χ0n) is 12.4. The third-order valence-electron chi connectivity index (χ3n) is 3.16. The van der Waals surface area contributed by atoms with Crippen molar-refractivity contribution < 1.29 is 9.21 Å². The fourth-order valence-electron chi connectivity index (χ4n) is 2.06. The molecule has 0 saturated heterocycles. The van der Waals surface area contributed by atoms with Crippen molar-refractivity contribution in [1.82, 2.24) is 10.3 Å². The van der Waals surface area contributed by atoms with E-state index in [1.165, 1.54) is 6.20 Å². The van der Waals surface area contributed by atoms with E-state index in [0.717, 1.165) is 5.69 Å². The van der Waals surface area contributed by atoms with E-state index in [9.17, 15) is 4.79 Å². The van der Waals surface area contributed by atoms with Gasteiger partial charge in [-0.3, -0.25) is 4.79 Å². The lowest BCUT2D eigenvalue weighted by Crippen LogP contribution is -2.22. The minimum Gasteiger partial charge on any atom is -0.467 e. The molecule has 0 radical (unpaired) electrons. The fourth-order valence-corrected chi connectivity index (χ4v) is 2.58. The molecule has 2 N–H and O–H groups in total. The molecule has 0 aliphatic rings. The summed E-state index contributed by atoms with van der Waals surface area (Å²) in [6.45, 7) is 0.326. The molecule has 0 atom stereocenters. The molecule has 0 bridgehead atoms. The van der Waals surface area contributed by atoms with Crippen LogP contribution in [-0.2, 0) is 6.54 Å². The second-order valence-corrected chi connectivity index (χ2v) is 5.85. The van der Waals surface area contributed by atoms with Crippen LogP contribution in [0.5, 0.6) is 0 Å². The van der Waals surface area contributed by atoms with Gasteiger partial charge in [0.05, 0.1) is 18.4 Å². The predicted octanol–water partition coefficient (Wildman–Crippen LogP) is 4.66. The lowest BCUT2D eigenvalue weighted by Gasteiger charge is -2.08. The van der Waals surface area contributed by atoms with Gasteiger partial charge in [0.25, 0.3) is 5.91 Å². The molecule has 0 aliphatic heterocycles. The summed E-state index contributed by atoms with van der Waals surface area (Å²) in [4.78, 5) is 16.3. The number of nitrogens with one attached hydrogen (secondary N) is 2. The molecule has 0 unspecified atom stereocenters. The quantitative estimate of drug-likeness (QED) is 0.693. The Bertz CT molecular complexity index is 813. The van der Waals surface area contributed by atoms with Crippen LogP contribution in [0.1, 0.15) is 16.1 Å². The third kappa shape index (κ3) is 4.28. The number of furan rings is 1. The van der Waals surface area contributed by atoms with Gasteiger partial charge >= 0.3 is 0 Å². The molecule has 1 aromatic carbocycles. The van der Waals surface area contributed by atoms with Crippen molar-refractivity contribution >= 4 is 40.6 Å². The predicted molar refractivity (Wildman–Crippen MR) is 93.9 cm³/mol. The molecule has 1 amide bonds. The van der Waals surface area contributed by atoms with Crippen LogP contribution in [0.3, 0.4) is 0 Å². The summed E-state index contributed by atoms with van der Waals surface area (Å²) in [6.07, 6.45) is 3.05. The standard InChI is InChI=1S/C17H13Cl2N3O2/c18-12-6-13(19)8-14(7-12)22-16-4-3-11(9-20-16)17(23)21-10-15-2-1-5-24-15/h1-9H,10H2,(H,20,22)(H,21,23). The van der Waals surface area contributed by atoms with E-state index >= 15 is 0 Å². The van der Waals surface area contributed by atoms with Crippen LogP contribution in [0.4, 0.5) is 11.5 Å².